The summed E-state index contributed by atoms with van der Waals surface area (Å²) in [6.45, 7) is 8.35. The Morgan fingerprint density at radius 3 is 2.00 bits per heavy atom. The fourth-order valence-corrected chi connectivity index (χ4v) is 1.31. The molecule has 4 heteroatoms. The van der Waals surface area contributed by atoms with Crippen molar-refractivity contribution in [2.45, 2.75) is 6.92 Å². The molecule has 0 aromatic heterocycles. The zero-order valence-electron chi connectivity index (χ0n) is 7.42. The van der Waals surface area contributed by atoms with Crippen LogP contribution in [-0.4, -0.2) is 41.9 Å². The first kappa shape index (κ1) is 8.90. The van der Waals surface area contributed by atoms with Crippen molar-refractivity contribution in [2.24, 2.45) is 5.73 Å². The van der Waals surface area contributed by atoms with E-state index in [1.807, 2.05) is 9.80 Å². The summed E-state index contributed by atoms with van der Waals surface area (Å²) < 4.78 is 0. The second kappa shape index (κ2) is 3.47. The number of piperazine rings is 1. The first-order chi connectivity index (χ1) is 5.61. The molecule has 0 aliphatic carbocycles. The van der Waals surface area contributed by atoms with Crippen LogP contribution in [0.25, 0.3) is 0 Å². The van der Waals surface area contributed by atoms with Crippen LogP contribution in [0.3, 0.4) is 0 Å². The minimum absolute atomic E-state index is 0.136. The van der Waals surface area contributed by atoms with Crippen molar-refractivity contribution in [3.8, 4) is 0 Å². The normalized spacial score (nSPS) is 17.8. The van der Waals surface area contributed by atoms with E-state index in [-0.39, 0.29) is 5.91 Å². The molecule has 0 saturated carbocycles. The Labute approximate surface area is 72.6 Å². The summed E-state index contributed by atoms with van der Waals surface area (Å²) in [5.41, 5.74) is 5.52. The van der Waals surface area contributed by atoms with Gasteiger partial charge in [0.05, 0.1) is 5.82 Å². The molecule has 1 aliphatic heterocycles. The largest absolute Gasteiger partial charge is 0.386 e. The van der Waals surface area contributed by atoms with Gasteiger partial charge in [0, 0.05) is 33.1 Å². The molecule has 4 nitrogen and oxygen atoms in total. The van der Waals surface area contributed by atoms with Crippen molar-refractivity contribution >= 4 is 5.91 Å². The lowest BCUT2D eigenvalue weighted by molar-refractivity contribution is -0.130. The number of rotatable bonds is 1. The van der Waals surface area contributed by atoms with Crippen LogP contribution in [0.2, 0.25) is 0 Å². The van der Waals surface area contributed by atoms with Gasteiger partial charge in [0.2, 0.25) is 5.91 Å². The smallest absolute Gasteiger partial charge is 0.219 e. The van der Waals surface area contributed by atoms with Gasteiger partial charge in [-0.15, -0.1) is 0 Å². The first-order valence-corrected chi connectivity index (χ1v) is 4.06. The van der Waals surface area contributed by atoms with Gasteiger partial charge < -0.3 is 15.5 Å². The number of hydrogen-bond donors (Lipinski definition) is 1. The standard InChI is InChI=1S/C8H15N3O/c1-7(9)10-3-5-11(6-4-10)8(2)12/h1,3-6,9H2,2H3. The molecule has 68 valence electrons. The summed E-state index contributed by atoms with van der Waals surface area (Å²) in [4.78, 5) is 14.7. The molecule has 1 saturated heterocycles. The zero-order valence-corrected chi connectivity index (χ0v) is 7.42. The van der Waals surface area contributed by atoms with E-state index in [2.05, 4.69) is 6.58 Å². The van der Waals surface area contributed by atoms with E-state index < -0.39 is 0 Å². The molecule has 0 radical (unpaired) electrons. The zero-order chi connectivity index (χ0) is 9.14. The van der Waals surface area contributed by atoms with E-state index in [9.17, 15) is 4.79 Å². The van der Waals surface area contributed by atoms with Crippen LogP contribution in [0.5, 0.6) is 0 Å². The second-order valence-corrected chi connectivity index (χ2v) is 2.98. The molecule has 1 fully saturated rings. The van der Waals surface area contributed by atoms with Crippen LogP contribution in [-0.2, 0) is 4.79 Å². The van der Waals surface area contributed by atoms with E-state index in [1.165, 1.54) is 0 Å². The lowest BCUT2D eigenvalue weighted by Crippen LogP contribution is -2.48. The molecule has 0 spiro atoms. The summed E-state index contributed by atoms with van der Waals surface area (Å²) in [5, 5.41) is 0. The topological polar surface area (TPSA) is 49.6 Å². The average molecular weight is 169 g/mol. The van der Waals surface area contributed by atoms with Gasteiger partial charge in [-0.3, -0.25) is 4.79 Å². The highest BCUT2D eigenvalue weighted by atomic mass is 16.2. The third-order valence-electron chi connectivity index (χ3n) is 2.13. The van der Waals surface area contributed by atoms with Gasteiger partial charge in [0.1, 0.15) is 0 Å². The first-order valence-electron chi connectivity index (χ1n) is 4.06. The maximum Gasteiger partial charge on any atom is 0.219 e. The third-order valence-corrected chi connectivity index (χ3v) is 2.13. The summed E-state index contributed by atoms with van der Waals surface area (Å²) in [7, 11) is 0. The van der Waals surface area contributed by atoms with Crippen LogP contribution in [0.15, 0.2) is 12.4 Å². The van der Waals surface area contributed by atoms with E-state index in [4.69, 9.17) is 5.73 Å². The van der Waals surface area contributed by atoms with Crippen LogP contribution in [0.1, 0.15) is 6.92 Å². The predicted molar refractivity (Wildman–Crippen MR) is 47.2 cm³/mol. The second-order valence-electron chi connectivity index (χ2n) is 2.98. The number of hydrogen-bond acceptors (Lipinski definition) is 3. The molecular weight excluding hydrogens is 154 g/mol. The summed E-state index contributed by atoms with van der Waals surface area (Å²) >= 11 is 0. The number of nitrogens with two attached hydrogens (primary N) is 1. The van der Waals surface area contributed by atoms with Gasteiger partial charge in [-0.1, -0.05) is 6.58 Å². The van der Waals surface area contributed by atoms with Gasteiger partial charge in [0.15, 0.2) is 0 Å². The molecule has 0 aromatic carbocycles. The Morgan fingerprint density at radius 2 is 1.67 bits per heavy atom. The number of nitrogens with zero attached hydrogens (tertiary/aromatic N) is 2. The fraction of sp³-hybridized carbons (Fsp3) is 0.625. The van der Waals surface area contributed by atoms with Gasteiger partial charge in [0.25, 0.3) is 0 Å². The lowest BCUT2D eigenvalue weighted by Gasteiger charge is -2.35. The minimum Gasteiger partial charge on any atom is -0.386 e. The van der Waals surface area contributed by atoms with Crippen LogP contribution in [0.4, 0.5) is 0 Å². The maximum atomic E-state index is 10.9. The number of carbonyl (C=O) groups excluding carboxylic acids is 1. The number of amides is 1. The highest BCUT2D eigenvalue weighted by Crippen LogP contribution is 2.03. The molecule has 1 amide bonds. The van der Waals surface area contributed by atoms with Crippen molar-refractivity contribution < 1.29 is 4.79 Å². The highest BCUT2D eigenvalue weighted by Gasteiger charge is 2.17. The van der Waals surface area contributed by atoms with E-state index >= 15 is 0 Å². The van der Waals surface area contributed by atoms with Crippen LogP contribution < -0.4 is 5.73 Å². The maximum absolute atomic E-state index is 10.9. The van der Waals surface area contributed by atoms with Crippen molar-refractivity contribution in [2.75, 3.05) is 26.2 Å². The Bertz CT molecular complexity index is 172. The summed E-state index contributed by atoms with van der Waals surface area (Å²) in [6.07, 6.45) is 0. The minimum atomic E-state index is 0.136. The third kappa shape index (κ3) is 1.90. The quantitative estimate of drug-likeness (QED) is 0.580. The molecule has 1 aliphatic rings. The van der Waals surface area contributed by atoms with Crippen molar-refractivity contribution in [1.29, 1.82) is 0 Å². The molecule has 2 N–H and O–H groups in total. The SMILES string of the molecule is C=C(N)N1CCN(C(C)=O)CC1. The molecule has 0 aromatic rings. The average Bonchev–Trinajstić information content (AvgIpc) is 2.04. The van der Waals surface area contributed by atoms with Crippen molar-refractivity contribution in [3.05, 3.63) is 12.4 Å². The highest BCUT2D eigenvalue weighted by molar-refractivity contribution is 5.73. The Balaban J connectivity index is 2.39. The molecule has 1 rings (SSSR count). The van der Waals surface area contributed by atoms with Crippen LogP contribution >= 0.6 is 0 Å². The Hall–Kier alpha value is -1.19. The van der Waals surface area contributed by atoms with Gasteiger partial charge in [-0.05, 0) is 0 Å². The van der Waals surface area contributed by atoms with Crippen molar-refractivity contribution in [1.82, 2.24) is 9.80 Å². The molecule has 0 atom stereocenters. The molecule has 0 bridgehead atoms. The van der Waals surface area contributed by atoms with Gasteiger partial charge in [-0.2, -0.15) is 0 Å². The summed E-state index contributed by atoms with van der Waals surface area (Å²) in [5.74, 6) is 0.732. The molecular formula is C8H15N3O. The fourth-order valence-electron chi connectivity index (χ4n) is 1.31. The predicted octanol–water partition coefficient (Wildman–Crippen LogP) is -0.420. The Kier molecular flexibility index (Phi) is 2.58. The van der Waals surface area contributed by atoms with E-state index in [0.29, 0.717) is 5.82 Å². The number of carbonyl (C=O) groups is 1. The monoisotopic (exact) mass is 169 g/mol. The van der Waals surface area contributed by atoms with Gasteiger partial charge in [-0.25, -0.2) is 0 Å². The van der Waals surface area contributed by atoms with Crippen LogP contribution in [0, 0.1) is 0 Å². The van der Waals surface area contributed by atoms with Gasteiger partial charge >= 0.3 is 0 Å². The van der Waals surface area contributed by atoms with E-state index in [0.717, 1.165) is 26.2 Å². The van der Waals surface area contributed by atoms with E-state index in [1.54, 1.807) is 6.92 Å². The van der Waals surface area contributed by atoms with Crippen molar-refractivity contribution in [3.63, 3.8) is 0 Å². The lowest BCUT2D eigenvalue weighted by atomic mass is 10.3. The molecule has 0 unspecified atom stereocenters. The molecule has 1 heterocycles. The molecule has 12 heavy (non-hydrogen) atoms. The summed E-state index contributed by atoms with van der Waals surface area (Å²) in [6, 6.07) is 0. The Morgan fingerprint density at radius 1 is 1.25 bits per heavy atom.